The van der Waals surface area contributed by atoms with Crippen molar-refractivity contribution in [1.29, 1.82) is 0 Å². The van der Waals surface area contributed by atoms with Crippen LogP contribution in [0.15, 0.2) is 47.4 Å². The molecule has 0 aliphatic rings. The second-order valence-corrected chi connectivity index (χ2v) is 5.76. The number of anilines is 1. The van der Waals surface area contributed by atoms with E-state index in [0.29, 0.717) is 17.1 Å². The van der Waals surface area contributed by atoms with Crippen molar-refractivity contribution in [2.24, 2.45) is 0 Å². The third kappa shape index (κ3) is 3.88. The topological polar surface area (TPSA) is 12.0 Å². The van der Waals surface area contributed by atoms with E-state index in [4.69, 9.17) is 11.6 Å². The average Bonchev–Trinajstić information content (AvgIpc) is 2.42. The van der Waals surface area contributed by atoms with Gasteiger partial charge < -0.3 is 5.32 Å². The normalized spacial score (nSPS) is 10.5. The molecule has 0 bridgehead atoms. The summed E-state index contributed by atoms with van der Waals surface area (Å²) in [5.74, 6) is 0.766. The molecule has 0 aliphatic heterocycles. The first kappa shape index (κ1) is 14.2. The van der Waals surface area contributed by atoms with Crippen molar-refractivity contribution >= 4 is 29.1 Å². The summed E-state index contributed by atoms with van der Waals surface area (Å²) in [7, 11) is 0. The zero-order chi connectivity index (χ0) is 13.7. The highest BCUT2D eigenvalue weighted by Gasteiger charge is 2.05. The van der Waals surface area contributed by atoms with Gasteiger partial charge in [0.1, 0.15) is 5.82 Å². The molecular weight excluding hydrogens is 281 g/mol. The molecule has 19 heavy (non-hydrogen) atoms. The highest BCUT2D eigenvalue weighted by Crippen LogP contribution is 2.27. The van der Waals surface area contributed by atoms with Crippen molar-refractivity contribution in [3.8, 4) is 0 Å². The minimum Gasteiger partial charge on any atom is -0.380 e. The molecule has 2 rings (SSSR count). The summed E-state index contributed by atoms with van der Waals surface area (Å²) < 4.78 is 13.6. The third-order valence-corrected chi connectivity index (χ3v) is 3.85. The lowest BCUT2D eigenvalue weighted by atomic mass is 10.2. The molecular formula is C15H15ClFNS. The van der Waals surface area contributed by atoms with Crippen molar-refractivity contribution < 1.29 is 4.39 Å². The Morgan fingerprint density at radius 3 is 2.79 bits per heavy atom. The molecule has 0 atom stereocenters. The second-order valence-electron chi connectivity index (χ2n) is 4.02. The van der Waals surface area contributed by atoms with E-state index in [2.05, 4.69) is 18.3 Å². The number of thioether (sulfide) groups is 1. The van der Waals surface area contributed by atoms with E-state index < -0.39 is 0 Å². The monoisotopic (exact) mass is 295 g/mol. The fourth-order valence-electron chi connectivity index (χ4n) is 1.76. The van der Waals surface area contributed by atoms with E-state index in [1.165, 1.54) is 11.0 Å². The van der Waals surface area contributed by atoms with Crippen molar-refractivity contribution in [2.75, 3.05) is 11.1 Å². The first-order valence-electron chi connectivity index (χ1n) is 6.10. The predicted molar refractivity (Wildman–Crippen MR) is 81.6 cm³/mol. The van der Waals surface area contributed by atoms with Gasteiger partial charge >= 0.3 is 0 Å². The highest BCUT2D eigenvalue weighted by atomic mass is 35.5. The molecule has 0 aromatic heterocycles. The van der Waals surface area contributed by atoms with Crippen LogP contribution in [0, 0.1) is 5.82 Å². The van der Waals surface area contributed by atoms with E-state index in [-0.39, 0.29) is 5.82 Å². The van der Waals surface area contributed by atoms with Crippen LogP contribution in [0.25, 0.3) is 0 Å². The predicted octanol–water partition coefficient (Wildman–Crippen LogP) is 5.20. The van der Waals surface area contributed by atoms with Crippen LogP contribution in [0.4, 0.5) is 10.1 Å². The summed E-state index contributed by atoms with van der Waals surface area (Å²) in [5, 5.41) is 3.81. The molecule has 0 aliphatic carbocycles. The molecule has 0 saturated heterocycles. The lowest BCUT2D eigenvalue weighted by Gasteiger charge is -2.11. The summed E-state index contributed by atoms with van der Waals surface area (Å²) in [4.78, 5) is 1.17. The minimum absolute atomic E-state index is 0.238. The quantitative estimate of drug-likeness (QED) is 0.761. The Morgan fingerprint density at radius 2 is 2.00 bits per heavy atom. The number of benzene rings is 2. The molecule has 0 amide bonds. The van der Waals surface area contributed by atoms with Crippen molar-refractivity contribution in [2.45, 2.75) is 18.4 Å². The summed E-state index contributed by atoms with van der Waals surface area (Å²) in [6.07, 6.45) is 0. The van der Waals surface area contributed by atoms with Gasteiger partial charge in [-0.25, -0.2) is 4.39 Å². The number of rotatable bonds is 5. The maximum atomic E-state index is 13.6. The van der Waals surface area contributed by atoms with E-state index in [1.807, 2.05) is 18.2 Å². The molecule has 0 radical (unpaired) electrons. The molecule has 0 fully saturated rings. The average molecular weight is 296 g/mol. The maximum absolute atomic E-state index is 13.6. The van der Waals surface area contributed by atoms with E-state index in [1.54, 1.807) is 23.9 Å². The lowest BCUT2D eigenvalue weighted by Crippen LogP contribution is -2.02. The maximum Gasteiger partial charge on any atom is 0.128 e. The number of halogens is 2. The van der Waals surface area contributed by atoms with Crippen molar-refractivity contribution in [3.05, 3.63) is 58.9 Å². The van der Waals surface area contributed by atoms with Gasteiger partial charge in [-0.05, 0) is 36.1 Å². The summed E-state index contributed by atoms with van der Waals surface area (Å²) in [5.41, 5.74) is 1.59. The molecule has 2 aromatic rings. The SMILES string of the molecule is CCSc1ccccc1NCc1cc(Cl)ccc1F. The van der Waals surface area contributed by atoms with Crippen LogP contribution >= 0.6 is 23.4 Å². The summed E-state index contributed by atoms with van der Waals surface area (Å²) in [6.45, 7) is 2.53. The van der Waals surface area contributed by atoms with E-state index in [9.17, 15) is 4.39 Å². The molecule has 0 unspecified atom stereocenters. The van der Waals surface area contributed by atoms with Gasteiger partial charge in [0.25, 0.3) is 0 Å². The lowest BCUT2D eigenvalue weighted by molar-refractivity contribution is 0.613. The standard InChI is InChI=1S/C15H15ClFNS/c1-2-19-15-6-4-3-5-14(15)18-10-11-9-12(16)7-8-13(11)17/h3-9,18H,2,10H2,1H3. The van der Waals surface area contributed by atoms with Crippen LogP contribution in [0.3, 0.4) is 0 Å². The van der Waals surface area contributed by atoms with Gasteiger partial charge in [0.05, 0.1) is 0 Å². The number of hydrogen-bond acceptors (Lipinski definition) is 2. The Morgan fingerprint density at radius 1 is 1.21 bits per heavy atom. The first-order valence-corrected chi connectivity index (χ1v) is 7.46. The molecule has 100 valence electrons. The van der Waals surface area contributed by atoms with Gasteiger partial charge in [0.15, 0.2) is 0 Å². The second kappa shape index (κ2) is 6.83. The van der Waals surface area contributed by atoms with Crippen LogP contribution in [-0.2, 0) is 6.54 Å². The van der Waals surface area contributed by atoms with Crippen LogP contribution in [0.1, 0.15) is 12.5 Å². The van der Waals surface area contributed by atoms with Gasteiger partial charge in [-0.1, -0.05) is 30.7 Å². The molecule has 1 N–H and O–H groups in total. The van der Waals surface area contributed by atoms with Gasteiger partial charge in [-0.2, -0.15) is 0 Å². The van der Waals surface area contributed by atoms with Crippen molar-refractivity contribution in [3.63, 3.8) is 0 Å². The smallest absolute Gasteiger partial charge is 0.128 e. The van der Waals surface area contributed by atoms with Crippen LogP contribution in [-0.4, -0.2) is 5.75 Å². The Hall–Kier alpha value is -1.19. The molecule has 1 nitrogen and oxygen atoms in total. The molecule has 0 saturated carbocycles. The van der Waals surface area contributed by atoms with Gasteiger partial charge in [-0.3, -0.25) is 0 Å². The zero-order valence-electron chi connectivity index (χ0n) is 10.6. The Kier molecular flexibility index (Phi) is 5.11. The summed E-state index contributed by atoms with van der Waals surface area (Å²) in [6, 6.07) is 12.6. The molecule has 2 aromatic carbocycles. The van der Waals surface area contributed by atoms with E-state index in [0.717, 1.165) is 11.4 Å². The van der Waals surface area contributed by atoms with Crippen LogP contribution in [0.5, 0.6) is 0 Å². The van der Waals surface area contributed by atoms with Gasteiger partial charge in [-0.15, -0.1) is 11.8 Å². The largest absolute Gasteiger partial charge is 0.380 e. The molecule has 0 spiro atoms. The molecule has 0 heterocycles. The first-order chi connectivity index (χ1) is 9.20. The third-order valence-electron chi connectivity index (χ3n) is 2.66. The fraction of sp³-hybridized carbons (Fsp3) is 0.200. The van der Waals surface area contributed by atoms with Crippen LogP contribution in [0.2, 0.25) is 5.02 Å². The number of para-hydroxylation sites is 1. The van der Waals surface area contributed by atoms with Gasteiger partial charge in [0.2, 0.25) is 0 Å². The fourth-order valence-corrected chi connectivity index (χ4v) is 2.74. The number of nitrogens with one attached hydrogen (secondary N) is 1. The Balaban J connectivity index is 2.12. The van der Waals surface area contributed by atoms with Crippen LogP contribution < -0.4 is 5.32 Å². The van der Waals surface area contributed by atoms with Crippen molar-refractivity contribution in [1.82, 2.24) is 0 Å². The Labute approximate surface area is 122 Å². The van der Waals surface area contributed by atoms with Gasteiger partial charge in [0, 0.05) is 27.7 Å². The highest BCUT2D eigenvalue weighted by molar-refractivity contribution is 7.99. The summed E-state index contributed by atoms with van der Waals surface area (Å²) >= 11 is 7.64. The zero-order valence-corrected chi connectivity index (χ0v) is 12.2. The van der Waals surface area contributed by atoms with E-state index >= 15 is 0 Å². The number of hydrogen-bond donors (Lipinski definition) is 1. The Bertz CT molecular complexity index is 560. The minimum atomic E-state index is -0.238. The molecule has 4 heteroatoms.